The number of rotatable bonds is 3. The maximum atomic E-state index is 9.83. The molecule has 70 valence electrons. The summed E-state index contributed by atoms with van der Waals surface area (Å²) in [5.74, 6) is 0.676. The van der Waals surface area contributed by atoms with Gasteiger partial charge in [0.25, 0.3) is 0 Å². The molecule has 12 heavy (non-hydrogen) atoms. The van der Waals surface area contributed by atoms with Gasteiger partial charge in [0.05, 0.1) is 6.10 Å². The summed E-state index contributed by atoms with van der Waals surface area (Å²) in [6.45, 7) is 2.60. The van der Waals surface area contributed by atoms with Crippen LogP contribution >= 0.6 is 0 Å². The highest BCUT2D eigenvalue weighted by Crippen LogP contribution is 2.25. The molecule has 3 unspecified atom stereocenters. The lowest BCUT2D eigenvalue weighted by molar-refractivity contribution is 0.0563. The molecule has 0 heterocycles. The van der Waals surface area contributed by atoms with E-state index in [1.54, 1.807) is 0 Å². The molecule has 1 aliphatic carbocycles. The lowest BCUT2D eigenvalue weighted by atomic mass is 9.84. The number of nitrogens with two attached hydrogens (primary N) is 1. The third-order valence-electron chi connectivity index (χ3n) is 2.75. The zero-order valence-electron chi connectivity index (χ0n) is 7.74. The Morgan fingerprint density at radius 2 is 2.33 bits per heavy atom. The average Bonchev–Trinajstić information content (AvgIpc) is 2.17. The molecule has 0 aromatic carbocycles. The Kier molecular flexibility index (Phi) is 3.76. The van der Waals surface area contributed by atoms with E-state index in [0.29, 0.717) is 12.5 Å². The molecule has 2 nitrogen and oxygen atoms in total. The van der Waals surface area contributed by atoms with Gasteiger partial charge in [0, 0.05) is 0 Å². The van der Waals surface area contributed by atoms with Gasteiger partial charge in [-0.25, -0.2) is 0 Å². The predicted octanol–water partition coefficient (Wildman–Crippen LogP) is 1.30. The minimum Gasteiger partial charge on any atom is -0.393 e. The molecule has 0 spiro atoms. The first-order valence-corrected chi connectivity index (χ1v) is 4.79. The van der Waals surface area contributed by atoms with Gasteiger partial charge in [-0.05, 0) is 37.6 Å². The van der Waals surface area contributed by atoms with Crippen LogP contribution in [0.15, 0.2) is 12.2 Å². The Hall–Kier alpha value is -0.340. The number of hydrogen-bond acceptors (Lipinski definition) is 2. The van der Waals surface area contributed by atoms with Gasteiger partial charge in [-0.15, -0.1) is 0 Å². The summed E-state index contributed by atoms with van der Waals surface area (Å²) in [5, 5.41) is 9.83. The molecule has 0 aliphatic heterocycles. The third kappa shape index (κ3) is 2.32. The lowest BCUT2D eigenvalue weighted by Crippen LogP contribution is -2.32. The molecule has 3 atom stereocenters. The van der Waals surface area contributed by atoms with E-state index in [1.165, 1.54) is 0 Å². The molecule has 1 rings (SSSR count). The first kappa shape index (κ1) is 9.75. The fourth-order valence-electron chi connectivity index (χ4n) is 1.73. The predicted molar refractivity (Wildman–Crippen MR) is 50.7 cm³/mol. The average molecular weight is 169 g/mol. The quantitative estimate of drug-likeness (QED) is 0.625. The summed E-state index contributed by atoms with van der Waals surface area (Å²) in [5.41, 5.74) is 5.50. The highest BCUT2D eigenvalue weighted by molar-refractivity contribution is 4.93. The largest absolute Gasteiger partial charge is 0.393 e. The van der Waals surface area contributed by atoms with E-state index in [4.69, 9.17) is 5.73 Å². The molecule has 0 aromatic rings. The first-order chi connectivity index (χ1) is 5.75. The Morgan fingerprint density at radius 3 is 2.83 bits per heavy atom. The third-order valence-corrected chi connectivity index (χ3v) is 2.75. The van der Waals surface area contributed by atoms with E-state index in [9.17, 15) is 5.11 Å². The Labute approximate surface area is 74.5 Å². The first-order valence-electron chi connectivity index (χ1n) is 4.79. The van der Waals surface area contributed by atoms with Crippen molar-refractivity contribution >= 4 is 0 Å². The van der Waals surface area contributed by atoms with Crippen LogP contribution in [-0.4, -0.2) is 17.8 Å². The maximum absolute atomic E-state index is 9.83. The van der Waals surface area contributed by atoms with Gasteiger partial charge in [-0.3, -0.25) is 0 Å². The Balaban J connectivity index is 2.40. The standard InChI is InChI=1S/C10H19NO/c1-8(7-11)10(12)9-5-3-2-4-6-9/h2-3,8-10,12H,4-7,11H2,1H3. The van der Waals surface area contributed by atoms with Crippen LogP contribution in [0.4, 0.5) is 0 Å². The van der Waals surface area contributed by atoms with Crippen molar-refractivity contribution in [3.05, 3.63) is 12.2 Å². The van der Waals surface area contributed by atoms with Crippen LogP contribution in [-0.2, 0) is 0 Å². The lowest BCUT2D eigenvalue weighted by Gasteiger charge is -2.27. The topological polar surface area (TPSA) is 46.2 Å². The molecule has 2 heteroatoms. The van der Waals surface area contributed by atoms with E-state index in [-0.39, 0.29) is 12.0 Å². The van der Waals surface area contributed by atoms with Crippen LogP contribution in [0, 0.1) is 11.8 Å². The van der Waals surface area contributed by atoms with Crippen LogP contribution < -0.4 is 5.73 Å². The second-order valence-electron chi connectivity index (χ2n) is 3.75. The molecule has 0 bridgehead atoms. The molecule has 3 N–H and O–H groups in total. The summed E-state index contributed by atoms with van der Waals surface area (Å²) in [7, 11) is 0. The minimum absolute atomic E-state index is 0.208. The van der Waals surface area contributed by atoms with Gasteiger partial charge in [-0.2, -0.15) is 0 Å². The number of allylic oxidation sites excluding steroid dienone is 2. The van der Waals surface area contributed by atoms with E-state index >= 15 is 0 Å². The van der Waals surface area contributed by atoms with Crippen LogP contribution in [0.25, 0.3) is 0 Å². The number of aliphatic hydroxyl groups excluding tert-OH is 1. The molecule has 0 amide bonds. The summed E-state index contributed by atoms with van der Waals surface area (Å²) in [6.07, 6.45) is 7.39. The second-order valence-corrected chi connectivity index (χ2v) is 3.75. The van der Waals surface area contributed by atoms with Crippen LogP contribution in [0.2, 0.25) is 0 Å². The Bertz CT molecular complexity index is 156. The SMILES string of the molecule is CC(CN)C(O)C1CC=CCC1. The van der Waals surface area contributed by atoms with Gasteiger partial charge in [-0.1, -0.05) is 19.1 Å². The minimum atomic E-state index is -0.208. The van der Waals surface area contributed by atoms with E-state index in [1.807, 2.05) is 6.92 Å². The van der Waals surface area contributed by atoms with Crippen molar-refractivity contribution in [1.82, 2.24) is 0 Å². The van der Waals surface area contributed by atoms with Crippen LogP contribution in [0.3, 0.4) is 0 Å². The molecule has 0 aromatic heterocycles. The number of hydrogen-bond donors (Lipinski definition) is 2. The summed E-state index contributed by atoms with van der Waals surface area (Å²) in [6, 6.07) is 0. The van der Waals surface area contributed by atoms with Crippen molar-refractivity contribution in [2.45, 2.75) is 32.3 Å². The van der Waals surface area contributed by atoms with Crippen LogP contribution in [0.1, 0.15) is 26.2 Å². The van der Waals surface area contributed by atoms with Crippen molar-refractivity contribution in [2.75, 3.05) is 6.54 Å². The van der Waals surface area contributed by atoms with Crippen molar-refractivity contribution in [1.29, 1.82) is 0 Å². The van der Waals surface area contributed by atoms with Gasteiger partial charge < -0.3 is 10.8 Å². The van der Waals surface area contributed by atoms with Crippen molar-refractivity contribution in [3.63, 3.8) is 0 Å². The maximum Gasteiger partial charge on any atom is 0.0609 e. The molecule has 0 fully saturated rings. The highest BCUT2D eigenvalue weighted by atomic mass is 16.3. The zero-order valence-corrected chi connectivity index (χ0v) is 7.74. The highest BCUT2D eigenvalue weighted by Gasteiger charge is 2.23. The fourth-order valence-corrected chi connectivity index (χ4v) is 1.73. The van der Waals surface area contributed by atoms with Crippen LogP contribution in [0.5, 0.6) is 0 Å². The van der Waals surface area contributed by atoms with Gasteiger partial charge in [0.15, 0.2) is 0 Å². The molecule has 0 saturated heterocycles. The Morgan fingerprint density at radius 1 is 1.58 bits per heavy atom. The molecule has 0 saturated carbocycles. The summed E-state index contributed by atoms with van der Waals surface area (Å²) < 4.78 is 0. The molecular weight excluding hydrogens is 150 g/mol. The fraction of sp³-hybridized carbons (Fsp3) is 0.800. The normalized spacial score (nSPS) is 28.4. The van der Waals surface area contributed by atoms with Gasteiger partial charge >= 0.3 is 0 Å². The van der Waals surface area contributed by atoms with E-state index in [0.717, 1.165) is 19.3 Å². The molecular formula is C10H19NO. The van der Waals surface area contributed by atoms with Gasteiger partial charge in [0.2, 0.25) is 0 Å². The summed E-state index contributed by atoms with van der Waals surface area (Å²) in [4.78, 5) is 0. The molecule has 1 aliphatic rings. The van der Waals surface area contributed by atoms with E-state index < -0.39 is 0 Å². The summed E-state index contributed by atoms with van der Waals surface area (Å²) >= 11 is 0. The van der Waals surface area contributed by atoms with Crippen molar-refractivity contribution < 1.29 is 5.11 Å². The monoisotopic (exact) mass is 169 g/mol. The smallest absolute Gasteiger partial charge is 0.0609 e. The van der Waals surface area contributed by atoms with Crippen molar-refractivity contribution in [3.8, 4) is 0 Å². The van der Waals surface area contributed by atoms with Gasteiger partial charge in [0.1, 0.15) is 0 Å². The van der Waals surface area contributed by atoms with Crippen molar-refractivity contribution in [2.24, 2.45) is 17.6 Å². The second kappa shape index (κ2) is 4.63. The number of aliphatic hydroxyl groups is 1. The molecule has 0 radical (unpaired) electrons. The zero-order chi connectivity index (χ0) is 8.97. The van der Waals surface area contributed by atoms with E-state index in [2.05, 4.69) is 12.2 Å².